The molecule has 1 amide bonds. The second-order valence-corrected chi connectivity index (χ2v) is 6.39. The van der Waals surface area contributed by atoms with Gasteiger partial charge in [-0.2, -0.15) is 0 Å². The first kappa shape index (κ1) is 19.5. The van der Waals surface area contributed by atoms with Crippen molar-refractivity contribution in [3.05, 3.63) is 0 Å². The number of carbonyl (C=O) groups excluding carboxylic acids is 1. The van der Waals surface area contributed by atoms with E-state index in [1.54, 1.807) is 4.90 Å². The van der Waals surface area contributed by atoms with Gasteiger partial charge in [-0.25, -0.2) is 0 Å². The number of hydrogen-bond acceptors (Lipinski definition) is 8. The molecule has 0 aromatic carbocycles. The van der Waals surface area contributed by atoms with Crippen LogP contribution in [-0.2, 0) is 14.3 Å². The summed E-state index contributed by atoms with van der Waals surface area (Å²) in [5.74, 6) is -0.180. The number of hydrogen-bond donors (Lipinski definition) is 5. The van der Waals surface area contributed by atoms with Crippen LogP contribution in [0.25, 0.3) is 0 Å². The summed E-state index contributed by atoms with van der Waals surface area (Å²) in [4.78, 5) is 13.4. The zero-order valence-corrected chi connectivity index (χ0v) is 13.9. The lowest BCUT2D eigenvalue weighted by Crippen LogP contribution is -2.59. The first-order chi connectivity index (χ1) is 11.3. The number of amides is 1. The molecular formula is C15H27NO8. The normalized spacial score (nSPS) is 43.2. The summed E-state index contributed by atoms with van der Waals surface area (Å²) in [6, 6.07) is -0.666. The third-order valence-corrected chi connectivity index (χ3v) is 4.82. The highest BCUT2D eigenvalue weighted by Crippen LogP contribution is 2.29. The summed E-state index contributed by atoms with van der Waals surface area (Å²) in [5.41, 5.74) is 0. The molecule has 140 valence electrons. The molecular weight excluding hydrogens is 322 g/mol. The summed E-state index contributed by atoms with van der Waals surface area (Å²) < 4.78 is 10.7. The van der Waals surface area contributed by atoms with Crippen molar-refractivity contribution >= 4 is 5.91 Å². The molecule has 2 aliphatic heterocycles. The van der Waals surface area contributed by atoms with Crippen molar-refractivity contribution in [2.75, 3.05) is 13.2 Å². The summed E-state index contributed by atoms with van der Waals surface area (Å²) >= 11 is 0. The van der Waals surface area contributed by atoms with E-state index in [4.69, 9.17) is 14.6 Å². The fraction of sp³-hybridized carbons (Fsp3) is 0.933. The Morgan fingerprint density at radius 1 is 1.21 bits per heavy atom. The van der Waals surface area contributed by atoms with Crippen molar-refractivity contribution in [2.45, 2.75) is 75.6 Å². The first-order valence-corrected chi connectivity index (χ1v) is 8.20. The minimum Gasteiger partial charge on any atom is -0.394 e. The second-order valence-electron chi connectivity index (χ2n) is 6.39. The molecule has 0 spiro atoms. The van der Waals surface area contributed by atoms with Crippen molar-refractivity contribution in [2.24, 2.45) is 0 Å². The van der Waals surface area contributed by atoms with Crippen LogP contribution in [0.4, 0.5) is 0 Å². The predicted molar refractivity (Wildman–Crippen MR) is 80.7 cm³/mol. The van der Waals surface area contributed by atoms with Gasteiger partial charge in [0, 0.05) is 13.0 Å². The molecule has 0 bridgehead atoms. The van der Waals surface area contributed by atoms with E-state index in [1.807, 2.05) is 6.92 Å². The lowest BCUT2D eigenvalue weighted by Gasteiger charge is -2.40. The molecule has 2 fully saturated rings. The topological polar surface area (TPSA) is 140 Å². The Bertz CT molecular complexity index is 434. The van der Waals surface area contributed by atoms with Gasteiger partial charge in [-0.05, 0) is 12.8 Å². The van der Waals surface area contributed by atoms with Gasteiger partial charge in [0.15, 0.2) is 6.29 Å². The SMILES string of the molecule is CC[C@H]1C[C@@H](O)[C@H](COC2OC(CO)C(O)C(O)C2O)N1C(C)=O. The average Bonchev–Trinajstić information content (AvgIpc) is 2.88. The van der Waals surface area contributed by atoms with Gasteiger partial charge >= 0.3 is 0 Å². The summed E-state index contributed by atoms with van der Waals surface area (Å²) in [6.07, 6.45) is -6.44. The fourth-order valence-corrected chi connectivity index (χ4v) is 3.45. The molecule has 0 radical (unpaired) electrons. The van der Waals surface area contributed by atoms with E-state index in [0.29, 0.717) is 12.8 Å². The lowest BCUT2D eigenvalue weighted by atomic mass is 9.99. The van der Waals surface area contributed by atoms with E-state index in [0.717, 1.165) is 0 Å². The molecule has 5 N–H and O–H groups in total. The third kappa shape index (κ3) is 3.72. The smallest absolute Gasteiger partial charge is 0.220 e. The minimum atomic E-state index is -1.53. The molecule has 9 nitrogen and oxygen atoms in total. The van der Waals surface area contributed by atoms with E-state index < -0.39 is 49.5 Å². The van der Waals surface area contributed by atoms with E-state index >= 15 is 0 Å². The Labute approximate surface area is 140 Å². The van der Waals surface area contributed by atoms with Crippen LogP contribution in [0.3, 0.4) is 0 Å². The molecule has 2 heterocycles. The van der Waals surface area contributed by atoms with Crippen LogP contribution in [0.2, 0.25) is 0 Å². The molecule has 0 aliphatic carbocycles. The molecule has 5 unspecified atom stereocenters. The molecule has 8 atom stereocenters. The van der Waals surface area contributed by atoms with Crippen molar-refractivity contribution in [1.82, 2.24) is 4.90 Å². The maximum atomic E-state index is 11.9. The highest BCUT2D eigenvalue weighted by Gasteiger charge is 2.46. The molecule has 2 saturated heterocycles. The molecule has 2 aliphatic rings. The number of rotatable bonds is 5. The van der Waals surface area contributed by atoms with Gasteiger partial charge in [-0.1, -0.05) is 6.92 Å². The molecule has 0 saturated carbocycles. The number of likely N-dealkylation sites (tertiary alicyclic amines) is 1. The molecule has 9 heteroatoms. The van der Waals surface area contributed by atoms with Crippen LogP contribution in [0.5, 0.6) is 0 Å². The van der Waals surface area contributed by atoms with E-state index in [1.165, 1.54) is 6.92 Å². The third-order valence-electron chi connectivity index (χ3n) is 4.82. The van der Waals surface area contributed by atoms with Crippen LogP contribution >= 0.6 is 0 Å². The first-order valence-electron chi connectivity index (χ1n) is 8.20. The number of ether oxygens (including phenoxy) is 2. The van der Waals surface area contributed by atoms with Crippen molar-refractivity contribution in [1.29, 1.82) is 0 Å². The Balaban J connectivity index is 2.02. The highest BCUT2D eigenvalue weighted by molar-refractivity contribution is 5.74. The number of aliphatic hydroxyl groups excluding tert-OH is 5. The van der Waals surface area contributed by atoms with Crippen molar-refractivity contribution in [3.8, 4) is 0 Å². The Morgan fingerprint density at radius 2 is 1.88 bits per heavy atom. The molecule has 0 aromatic rings. The standard InChI is InChI=1S/C15H27NO8/c1-3-8-4-10(19)9(16(8)7(2)18)6-23-15-14(22)13(21)12(20)11(5-17)24-15/h8-15,17,19-22H,3-6H2,1-2H3/t8-,9-,10+,11?,12?,13?,14?,15?/m0/s1. The van der Waals surface area contributed by atoms with Crippen LogP contribution in [-0.4, -0.2) is 98.4 Å². The van der Waals surface area contributed by atoms with Gasteiger partial charge in [0.05, 0.1) is 25.4 Å². The van der Waals surface area contributed by atoms with Gasteiger partial charge in [0.25, 0.3) is 0 Å². The largest absolute Gasteiger partial charge is 0.394 e. The predicted octanol–water partition coefficient (Wildman–Crippen LogP) is -2.44. The second kappa shape index (κ2) is 8.05. The number of carbonyl (C=O) groups is 1. The maximum Gasteiger partial charge on any atom is 0.220 e. The molecule has 0 aromatic heterocycles. The fourth-order valence-electron chi connectivity index (χ4n) is 3.45. The Kier molecular flexibility index (Phi) is 6.54. The van der Waals surface area contributed by atoms with E-state index in [9.17, 15) is 25.2 Å². The summed E-state index contributed by atoms with van der Waals surface area (Å²) in [7, 11) is 0. The quantitative estimate of drug-likeness (QED) is 0.369. The van der Waals surface area contributed by atoms with Crippen LogP contribution in [0, 0.1) is 0 Å². The van der Waals surface area contributed by atoms with Crippen LogP contribution in [0.15, 0.2) is 0 Å². The van der Waals surface area contributed by atoms with E-state index in [-0.39, 0.29) is 18.6 Å². The Hall–Kier alpha value is -0.810. The zero-order valence-electron chi connectivity index (χ0n) is 13.9. The summed E-state index contributed by atoms with van der Waals surface area (Å²) in [6.45, 7) is 2.70. The van der Waals surface area contributed by atoms with Crippen LogP contribution < -0.4 is 0 Å². The van der Waals surface area contributed by atoms with Gasteiger partial charge in [-0.15, -0.1) is 0 Å². The minimum absolute atomic E-state index is 0.0825. The molecule has 2 rings (SSSR count). The van der Waals surface area contributed by atoms with E-state index in [2.05, 4.69) is 0 Å². The maximum absolute atomic E-state index is 11.9. The summed E-state index contributed by atoms with van der Waals surface area (Å²) in [5, 5.41) is 48.8. The zero-order chi connectivity index (χ0) is 18.0. The van der Waals surface area contributed by atoms with Crippen molar-refractivity contribution in [3.63, 3.8) is 0 Å². The van der Waals surface area contributed by atoms with Crippen molar-refractivity contribution < 1.29 is 39.8 Å². The van der Waals surface area contributed by atoms with Gasteiger partial charge < -0.3 is 39.9 Å². The Morgan fingerprint density at radius 3 is 2.42 bits per heavy atom. The number of nitrogens with zero attached hydrogens (tertiary/aromatic N) is 1. The average molecular weight is 349 g/mol. The highest BCUT2D eigenvalue weighted by atomic mass is 16.7. The number of aliphatic hydroxyl groups is 5. The van der Waals surface area contributed by atoms with Gasteiger partial charge in [-0.3, -0.25) is 4.79 Å². The van der Waals surface area contributed by atoms with Gasteiger partial charge in [0.1, 0.15) is 24.4 Å². The monoisotopic (exact) mass is 349 g/mol. The van der Waals surface area contributed by atoms with Gasteiger partial charge in [0.2, 0.25) is 5.91 Å². The van der Waals surface area contributed by atoms with Crippen LogP contribution in [0.1, 0.15) is 26.7 Å². The molecule has 24 heavy (non-hydrogen) atoms. The lowest BCUT2D eigenvalue weighted by molar-refractivity contribution is -0.303.